The van der Waals surface area contributed by atoms with E-state index in [-0.39, 0.29) is 11.6 Å². The number of nitrogens with zero attached hydrogens (tertiary/aromatic N) is 5. The molecule has 0 fully saturated rings. The highest BCUT2D eigenvalue weighted by molar-refractivity contribution is 6.04. The molecule has 4 aromatic rings. The smallest absolute Gasteiger partial charge is 0.338 e. The second-order valence-electron chi connectivity index (χ2n) is 7.38. The lowest BCUT2D eigenvalue weighted by atomic mass is 10.1. The fraction of sp³-hybridized carbons (Fsp3) is 0.130. The molecule has 2 heterocycles. The molecule has 0 aliphatic heterocycles. The van der Waals surface area contributed by atoms with Crippen LogP contribution in [0.25, 0.3) is 0 Å². The minimum atomic E-state index is -0.503. The number of ether oxygens (including phenoxy) is 1. The third kappa shape index (κ3) is 5.15. The number of hydrogen-bond acceptors (Lipinski definition) is 7. The van der Waals surface area contributed by atoms with Gasteiger partial charge in [0.15, 0.2) is 0 Å². The molecule has 0 bridgehead atoms. The number of carbonyl (C=O) groups is 2. The average molecular weight is 460 g/mol. The summed E-state index contributed by atoms with van der Waals surface area (Å²) in [7, 11) is 1.33. The SMILES string of the molecule is COC(=O)c1ccccc1Cn1cc(NC(=O)c2ccc(Cn3cc([N+](=O)[O-])cn3)cc2)cn1. The summed E-state index contributed by atoms with van der Waals surface area (Å²) in [6.07, 6.45) is 5.74. The minimum absolute atomic E-state index is 0.0784. The molecule has 4 rings (SSSR count). The number of anilines is 1. The molecule has 0 aliphatic carbocycles. The third-order valence-electron chi connectivity index (χ3n) is 5.04. The monoisotopic (exact) mass is 460 g/mol. The quantitative estimate of drug-likeness (QED) is 0.242. The molecule has 1 N–H and O–H groups in total. The molecular formula is C23H20N6O5. The second-order valence-corrected chi connectivity index (χ2v) is 7.38. The van der Waals surface area contributed by atoms with Crippen molar-refractivity contribution < 1.29 is 19.2 Å². The van der Waals surface area contributed by atoms with Gasteiger partial charge in [-0.25, -0.2) is 4.79 Å². The van der Waals surface area contributed by atoms with Crippen molar-refractivity contribution in [2.24, 2.45) is 0 Å². The van der Waals surface area contributed by atoms with Crippen LogP contribution < -0.4 is 5.32 Å². The van der Waals surface area contributed by atoms with Crippen molar-refractivity contribution in [1.82, 2.24) is 19.6 Å². The Kier molecular flexibility index (Phi) is 6.44. The Bertz CT molecular complexity index is 1340. The molecule has 172 valence electrons. The van der Waals surface area contributed by atoms with E-state index >= 15 is 0 Å². The molecule has 0 atom stereocenters. The minimum Gasteiger partial charge on any atom is -0.465 e. The van der Waals surface area contributed by atoms with Gasteiger partial charge in [-0.1, -0.05) is 30.3 Å². The van der Waals surface area contributed by atoms with Gasteiger partial charge in [0.2, 0.25) is 0 Å². The van der Waals surface area contributed by atoms with Crippen LogP contribution in [-0.4, -0.2) is 43.5 Å². The van der Waals surface area contributed by atoms with Gasteiger partial charge < -0.3 is 10.1 Å². The van der Waals surface area contributed by atoms with Crippen LogP contribution in [-0.2, 0) is 17.8 Å². The molecule has 11 heteroatoms. The number of rotatable bonds is 8. The van der Waals surface area contributed by atoms with Gasteiger partial charge in [0, 0.05) is 11.8 Å². The highest BCUT2D eigenvalue weighted by Gasteiger charge is 2.13. The Morgan fingerprint density at radius 2 is 1.71 bits per heavy atom. The summed E-state index contributed by atoms with van der Waals surface area (Å²) in [6, 6.07) is 13.9. The number of benzene rings is 2. The average Bonchev–Trinajstić information content (AvgIpc) is 3.49. The van der Waals surface area contributed by atoms with E-state index in [1.54, 1.807) is 47.3 Å². The number of methoxy groups -OCH3 is 1. The van der Waals surface area contributed by atoms with Crippen LogP contribution in [0.3, 0.4) is 0 Å². The van der Waals surface area contributed by atoms with Gasteiger partial charge in [-0.3, -0.25) is 24.3 Å². The summed E-state index contributed by atoms with van der Waals surface area (Å²) in [5, 5.41) is 21.8. The Hall–Kier alpha value is -4.80. The van der Waals surface area contributed by atoms with Crippen LogP contribution in [0.5, 0.6) is 0 Å². The molecule has 0 saturated carbocycles. The normalized spacial score (nSPS) is 10.6. The van der Waals surface area contributed by atoms with Gasteiger partial charge in [-0.15, -0.1) is 0 Å². The molecule has 0 aliphatic rings. The Balaban J connectivity index is 1.38. The lowest BCUT2D eigenvalue weighted by Gasteiger charge is -2.08. The van der Waals surface area contributed by atoms with E-state index in [4.69, 9.17) is 4.74 Å². The van der Waals surface area contributed by atoms with Crippen molar-refractivity contribution in [3.63, 3.8) is 0 Å². The number of aromatic nitrogens is 4. The lowest BCUT2D eigenvalue weighted by molar-refractivity contribution is -0.385. The van der Waals surface area contributed by atoms with Gasteiger partial charge in [0.05, 0.1) is 42.6 Å². The van der Waals surface area contributed by atoms with E-state index in [9.17, 15) is 19.7 Å². The second kappa shape index (κ2) is 9.77. The summed E-state index contributed by atoms with van der Waals surface area (Å²) < 4.78 is 7.89. The van der Waals surface area contributed by atoms with Gasteiger partial charge in [0.25, 0.3) is 5.91 Å². The molecule has 0 radical (unpaired) electrons. The van der Waals surface area contributed by atoms with E-state index in [2.05, 4.69) is 15.5 Å². The third-order valence-corrected chi connectivity index (χ3v) is 5.04. The summed E-state index contributed by atoms with van der Waals surface area (Å²) in [6.45, 7) is 0.678. The van der Waals surface area contributed by atoms with Crippen molar-refractivity contribution in [1.29, 1.82) is 0 Å². The zero-order valence-electron chi connectivity index (χ0n) is 18.1. The highest BCUT2D eigenvalue weighted by atomic mass is 16.6. The summed E-state index contributed by atoms with van der Waals surface area (Å²) in [5.74, 6) is -0.735. The Morgan fingerprint density at radius 1 is 1.00 bits per heavy atom. The maximum absolute atomic E-state index is 12.6. The topological polar surface area (TPSA) is 134 Å². The van der Waals surface area contributed by atoms with Crippen LogP contribution in [0.1, 0.15) is 31.8 Å². The number of carbonyl (C=O) groups excluding carboxylic acids is 2. The van der Waals surface area contributed by atoms with E-state index in [1.807, 2.05) is 12.1 Å². The zero-order chi connectivity index (χ0) is 24.1. The molecule has 2 aromatic heterocycles. The number of esters is 1. The first-order chi connectivity index (χ1) is 16.4. The van der Waals surface area contributed by atoms with Crippen LogP contribution in [0.4, 0.5) is 11.4 Å². The van der Waals surface area contributed by atoms with Crippen LogP contribution in [0.15, 0.2) is 73.3 Å². The number of amides is 1. The fourth-order valence-electron chi connectivity index (χ4n) is 3.34. The molecule has 2 aromatic carbocycles. The van der Waals surface area contributed by atoms with E-state index in [0.717, 1.165) is 11.1 Å². The largest absolute Gasteiger partial charge is 0.465 e. The van der Waals surface area contributed by atoms with Gasteiger partial charge in [-0.2, -0.15) is 10.2 Å². The van der Waals surface area contributed by atoms with E-state index in [0.29, 0.717) is 29.9 Å². The number of hydrogen-bond donors (Lipinski definition) is 1. The Morgan fingerprint density at radius 3 is 2.41 bits per heavy atom. The van der Waals surface area contributed by atoms with Crippen LogP contribution >= 0.6 is 0 Å². The van der Waals surface area contributed by atoms with Crippen LogP contribution in [0.2, 0.25) is 0 Å². The first kappa shape index (κ1) is 22.4. The maximum Gasteiger partial charge on any atom is 0.338 e. The predicted octanol–water partition coefficient (Wildman–Crippen LogP) is 3.12. The molecule has 0 unspecified atom stereocenters. The molecule has 11 nitrogen and oxygen atoms in total. The number of nitro groups is 1. The first-order valence-electron chi connectivity index (χ1n) is 10.2. The standard InChI is InChI=1S/C23H20N6O5/c1-34-23(31)21-5-3-2-4-18(21)13-28-14-19(10-24-28)26-22(30)17-8-6-16(7-9-17)12-27-15-20(11-25-27)29(32)33/h2-11,14-15H,12-13H2,1H3,(H,26,30). The maximum atomic E-state index is 12.6. The van der Waals surface area contributed by atoms with Gasteiger partial charge in [0.1, 0.15) is 12.4 Å². The van der Waals surface area contributed by atoms with Crippen molar-refractivity contribution in [2.45, 2.75) is 13.1 Å². The fourth-order valence-corrected chi connectivity index (χ4v) is 3.34. The summed E-state index contributed by atoms with van der Waals surface area (Å²) in [5.41, 5.74) is 2.91. The summed E-state index contributed by atoms with van der Waals surface area (Å²) >= 11 is 0. The highest BCUT2D eigenvalue weighted by Crippen LogP contribution is 2.15. The van der Waals surface area contributed by atoms with E-state index < -0.39 is 10.9 Å². The molecule has 0 spiro atoms. The molecule has 1 amide bonds. The van der Waals surface area contributed by atoms with Crippen molar-refractivity contribution >= 4 is 23.3 Å². The van der Waals surface area contributed by atoms with Crippen molar-refractivity contribution in [3.05, 3.63) is 106 Å². The van der Waals surface area contributed by atoms with E-state index in [1.165, 1.54) is 30.4 Å². The predicted molar refractivity (Wildman–Crippen MR) is 121 cm³/mol. The van der Waals surface area contributed by atoms with Crippen molar-refractivity contribution in [3.8, 4) is 0 Å². The Labute approximate surface area is 193 Å². The van der Waals surface area contributed by atoms with Gasteiger partial charge in [-0.05, 0) is 29.3 Å². The lowest BCUT2D eigenvalue weighted by Crippen LogP contribution is -2.12. The molecular weight excluding hydrogens is 440 g/mol. The zero-order valence-corrected chi connectivity index (χ0v) is 18.1. The first-order valence-corrected chi connectivity index (χ1v) is 10.2. The summed E-state index contributed by atoms with van der Waals surface area (Å²) in [4.78, 5) is 34.8. The van der Waals surface area contributed by atoms with Crippen LogP contribution in [0, 0.1) is 10.1 Å². The van der Waals surface area contributed by atoms with Crippen molar-refractivity contribution in [2.75, 3.05) is 12.4 Å². The van der Waals surface area contributed by atoms with Gasteiger partial charge >= 0.3 is 11.7 Å². The molecule has 0 saturated heterocycles. The number of nitrogens with one attached hydrogen (secondary N) is 1. The molecule has 34 heavy (non-hydrogen) atoms.